The van der Waals surface area contributed by atoms with Crippen LogP contribution in [0.5, 0.6) is 11.5 Å². The lowest BCUT2D eigenvalue weighted by molar-refractivity contribution is -0.120. The second kappa shape index (κ2) is 12.7. The number of esters is 1. The van der Waals surface area contributed by atoms with Crippen LogP contribution in [0.3, 0.4) is 0 Å². The third-order valence-corrected chi connectivity index (χ3v) is 7.05. The van der Waals surface area contributed by atoms with Gasteiger partial charge in [-0.15, -0.1) is 0 Å². The van der Waals surface area contributed by atoms with Crippen LogP contribution in [0, 0.1) is 13.8 Å². The number of aryl methyl sites for hydroxylation is 2. The number of hydrogen-bond acceptors (Lipinski definition) is 9. The molecule has 0 aliphatic carbocycles. The number of hydrogen-bond donors (Lipinski definition) is 1. The molecule has 2 heterocycles. The molecule has 0 saturated heterocycles. The number of ether oxygens (including phenoxy) is 2. The predicted molar refractivity (Wildman–Crippen MR) is 160 cm³/mol. The van der Waals surface area contributed by atoms with Crippen LogP contribution in [0.25, 0.3) is 0 Å². The van der Waals surface area contributed by atoms with Crippen LogP contribution in [0.15, 0.2) is 101 Å². The van der Waals surface area contributed by atoms with E-state index in [-0.39, 0.29) is 28.5 Å². The van der Waals surface area contributed by atoms with Crippen molar-refractivity contribution in [3.63, 3.8) is 0 Å². The molecule has 1 aliphatic rings. The van der Waals surface area contributed by atoms with Crippen molar-refractivity contribution in [2.45, 2.75) is 32.3 Å². The standard InChI is InChI=1S/C32H28N4O5S/c1-4-18-40-31(39)25-12-8-9-13-26(25)36-29(37)27(28(30(36)38)42-32-33-20(2)19-21(3)34-32)35-22-14-16-24(17-15-22)41-23-10-6-5-7-11-23/h5-17,19,35H,4,18H2,1-3H3. The molecule has 0 bridgehead atoms. The largest absolute Gasteiger partial charge is 0.462 e. The Bertz CT molecular complexity index is 1650. The SMILES string of the molecule is CCCOC(=O)c1ccccc1N1C(=O)C(Nc2ccc(Oc3ccccc3)cc2)=C(Sc2nc(C)cc(C)n2)C1=O. The summed E-state index contributed by atoms with van der Waals surface area (Å²) in [6.07, 6.45) is 0.636. The van der Waals surface area contributed by atoms with E-state index in [1.54, 1.807) is 42.5 Å². The first kappa shape index (κ1) is 28.6. The molecule has 212 valence electrons. The Morgan fingerprint density at radius 2 is 1.50 bits per heavy atom. The Hall–Kier alpha value is -4.96. The third-order valence-electron chi connectivity index (χ3n) is 6.10. The monoisotopic (exact) mass is 580 g/mol. The predicted octanol–water partition coefficient (Wildman–Crippen LogP) is 6.44. The van der Waals surface area contributed by atoms with Crippen LogP contribution in [0.1, 0.15) is 35.1 Å². The van der Waals surface area contributed by atoms with E-state index in [1.807, 2.05) is 57.2 Å². The number of benzene rings is 3. The Kier molecular flexibility index (Phi) is 8.63. The van der Waals surface area contributed by atoms with Gasteiger partial charge in [0.1, 0.15) is 22.1 Å². The zero-order valence-corrected chi connectivity index (χ0v) is 24.1. The highest BCUT2D eigenvalue weighted by Crippen LogP contribution is 2.38. The number of rotatable bonds is 10. The summed E-state index contributed by atoms with van der Waals surface area (Å²) >= 11 is 0.992. The maximum atomic E-state index is 13.9. The highest BCUT2D eigenvalue weighted by molar-refractivity contribution is 8.04. The normalized spacial score (nSPS) is 13.0. The molecule has 3 aromatic carbocycles. The topological polar surface area (TPSA) is 111 Å². The molecule has 9 nitrogen and oxygen atoms in total. The van der Waals surface area contributed by atoms with Crippen molar-refractivity contribution in [3.8, 4) is 11.5 Å². The average molecular weight is 581 g/mol. The number of aromatic nitrogens is 2. The molecule has 0 radical (unpaired) electrons. The van der Waals surface area contributed by atoms with Gasteiger partial charge in [0, 0.05) is 17.1 Å². The zero-order chi connectivity index (χ0) is 29.6. The number of thioether (sulfide) groups is 1. The molecule has 42 heavy (non-hydrogen) atoms. The Morgan fingerprint density at radius 1 is 0.857 bits per heavy atom. The molecular formula is C32H28N4O5S. The van der Waals surface area contributed by atoms with E-state index < -0.39 is 17.8 Å². The summed E-state index contributed by atoms with van der Waals surface area (Å²) in [5, 5.41) is 3.44. The lowest BCUT2D eigenvalue weighted by Gasteiger charge is -2.18. The summed E-state index contributed by atoms with van der Waals surface area (Å²) in [6, 6.07) is 24.6. The minimum atomic E-state index is -0.618. The fourth-order valence-corrected chi connectivity index (χ4v) is 5.23. The van der Waals surface area contributed by atoms with Crippen LogP contribution in [-0.2, 0) is 14.3 Å². The first-order valence-corrected chi connectivity index (χ1v) is 14.1. The second-order valence-corrected chi connectivity index (χ2v) is 10.4. The summed E-state index contributed by atoms with van der Waals surface area (Å²) in [7, 11) is 0. The minimum absolute atomic E-state index is 0.0428. The number of carbonyl (C=O) groups is 3. The van der Waals surface area contributed by atoms with Crippen molar-refractivity contribution in [1.29, 1.82) is 0 Å². The molecule has 4 aromatic rings. The van der Waals surface area contributed by atoms with Crippen molar-refractivity contribution in [2.24, 2.45) is 0 Å². The smallest absolute Gasteiger partial charge is 0.340 e. The number of carbonyl (C=O) groups excluding carboxylic acids is 3. The van der Waals surface area contributed by atoms with Gasteiger partial charge in [0.05, 0.1) is 17.9 Å². The number of imide groups is 1. The fourth-order valence-electron chi connectivity index (χ4n) is 4.25. The van der Waals surface area contributed by atoms with Crippen LogP contribution in [0.2, 0.25) is 0 Å². The highest BCUT2D eigenvalue weighted by Gasteiger charge is 2.42. The molecule has 1 aromatic heterocycles. The Morgan fingerprint density at radius 3 is 2.19 bits per heavy atom. The summed E-state index contributed by atoms with van der Waals surface area (Å²) in [5.74, 6) is -0.539. The average Bonchev–Trinajstić information content (AvgIpc) is 3.20. The molecule has 5 rings (SSSR count). The van der Waals surface area contributed by atoms with Crippen LogP contribution in [-0.4, -0.2) is 34.4 Å². The van der Waals surface area contributed by atoms with Gasteiger partial charge in [0.15, 0.2) is 5.16 Å². The summed E-state index contributed by atoms with van der Waals surface area (Å²) in [6.45, 7) is 5.76. The van der Waals surface area contributed by atoms with Gasteiger partial charge in [-0.1, -0.05) is 37.3 Å². The van der Waals surface area contributed by atoms with E-state index in [9.17, 15) is 14.4 Å². The van der Waals surface area contributed by atoms with Gasteiger partial charge in [0.2, 0.25) is 0 Å². The van der Waals surface area contributed by atoms with Crippen LogP contribution >= 0.6 is 11.8 Å². The number of anilines is 2. The van der Waals surface area contributed by atoms with Crippen LogP contribution in [0.4, 0.5) is 11.4 Å². The zero-order valence-electron chi connectivity index (χ0n) is 23.3. The third kappa shape index (κ3) is 6.34. The maximum Gasteiger partial charge on any atom is 0.340 e. The number of nitrogens with zero attached hydrogens (tertiary/aromatic N) is 3. The summed E-state index contributed by atoms with van der Waals surface area (Å²) in [4.78, 5) is 50.6. The number of nitrogens with one attached hydrogen (secondary N) is 1. The van der Waals surface area contributed by atoms with E-state index in [0.29, 0.717) is 28.8 Å². The lowest BCUT2D eigenvalue weighted by Crippen LogP contribution is -2.33. The molecule has 1 N–H and O–H groups in total. The molecule has 0 spiro atoms. The first-order chi connectivity index (χ1) is 20.3. The van der Waals surface area contributed by atoms with Gasteiger partial charge >= 0.3 is 5.97 Å². The van der Waals surface area contributed by atoms with Crippen molar-refractivity contribution in [2.75, 3.05) is 16.8 Å². The molecule has 2 amide bonds. The van der Waals surface area contributed by atoms with E-state index in [4.69, 9.17) is 9.47 Å². The fraction of sp³-hybridized carbons (Fsp3) is 0.156. The van der Waals surface area contributed by atoms with Crippen molar-refractivity contribution in [1.82, 2.24) is 9.97 Å². The van der Waals surface area contributed by atoms with E-state index >= 15 is 0 Å². The molecule has 1 aliphatic heterocycles. The highest BCUT2D eigenvalue weighted by atomic mass is 32.2. The Balaban J connectivity index is 1.49. The Labute approximate surface area is 247 Å². The second-order valence-electron chi connectivity index (χ2n) is 9.40. The van der Waals surface area contributed by atoms with Gasteiger partial charge in [-0.25, -0.2) is 19.7 Å². The van der Waals surface area contributed by atoms with Gasteiger partial charge in [0.25, 0.3) is 11.8 Å². The molecule has 0 atom stereocenters. The molecule has 0 unspecified atom stereocenters. The quantitative estimate of drug-likeness (QED) is 0.129. The summed E-state index contributed by atoms with van der Waals surface area (Å²) in [5.41, 5.74) is 2.31. The van der Waals surface area contributed by atoms with Gasteiger partial charge < -0.3 is 14.8 Å². The minimum Gasteiger partial charge on any atom is -0.462 e. The van der Waals surface area contributed by atoms with Gasteiger partial charge in [-0.2, -0.15) is 0 Å². The van der Waals surface area contributed by atoms with Gasteiger partial charge in [-0.3, -0.25) is 9.59 Å². The van der Waals surface area contributed by atoms with Crippen molar-refractivity contribution >= 4 is 40.9 Å². The van der Waals surface area contributed by atoms with E-state index in [1.165, 1.54) is 6.07 Å². The lowest BCUT2D eigenvalue weighted by atomic mass is 10.1. The van der Waals surface area contributed by atoms with Crippen LogP contribution < -0.4 is 15.0 Å². The summed E-state index contributed by atoms with van der Waals surface area (Å²) < 4.78 is 11.2. The van der Waals surface area contributed by atoms with Crippen molar-refractivity contribution < 1.29 is 23.9 Å². The molecular weight excluding hydrogens is 552 g/mol. The maximum absolute atomic E-state index is 13.9. The van der Waals surface area contributed by atoms with Crippen molar-refractivity contribution in [3.05, 3.63) is 112 Å². The van der Waals surface area contributed by atoms with E-state index in [2.05, 4.69) is 15.3 Å². The van der Waals surface area contributed by atoms with E-state index in [0.717, 1.165) is 28.0 Å². The van der Waals surface area contributed by atoms with Gasteiger partial charge in [-0.05, 0) is 86.6 Å². The molecule has 0 saturated carbocycles. The number of amides is 2. The molecule has 10 heteroatoms. The number of para-hydroxylation sites is 2. The molecule has 0 fully saturated rings. The first-order valence-electron chi connectivity index (χ1n) is 13.3.